The lowest BCUT2D eigenvalue weighted by molar-refractivity contribution is 0.102. The standard InChI is InChI=1S/C24H23ClFN3O2S/c1-2-3-14-31-22-13-12-18(15-20(22)25)29-24(32)28-17-10-8-16(9-11-17)27-23(30)19-6-4-5-7-21(19)26/h4-13,15H,2-3,14H2,1H3,(H,27,30)(H2,28,29,32). The maximum absolute atomic E-state index is 13.7. The first-order valence-electron chi connectivity index (χ1n) is 10.1. The van der Waals surface area contributed by atoms with E-state index in [1.165, 1.54) is 18.2 Å². The van der Waals surface area contributed by atoms with E-state index in [4.69, 9.17) is 28.6 Å². The molecule has 0 aliphatic heterocycles. The lowest BCUT2D eigenvalue weighted by Crippen LogP contribution is -2.19. The quantitative estimate of drug-likeness (QED) is 0.251. The number of unbranched alkanes of at least 4 members (excludes halogenated alkanes) is 1. The topological polar surface area (TPSA) is 62.4 Å². The number of ether oxygens (including phenoxy) is 1. The van der Waals surface area contributed by atoms with Crippen molar-refractivity contribution in [2.45, 2.75) is 19.8 Å². The van der Waals surface area contributed by atoms with E-state index in [0.29, 0.717) is 28.2 Å². The number of carbonyl (C=O) groups excluding carboxylic acids is 1. The molecule has 0 spiro atoms. The summed E-state index contributed by atoms with van der Waals surface area (Å²) in [5.74, 6) is -0.446. The van der Waals surface area contributed by atoms with Crippen LogP contribution in [0.4, 0.5) is 21.5 Å². The normalized spacial score (nSPS) is 10.3. The number of amides is 1. The molecule has 166 valence electrons. The number of nitrogens with one attached hydrogen (secondary N) is 3. The van der Waals surface area contributed by atoms with E-state index in [9.17, 15) is 9.18 Å². The van der Waals surface area contributed by atoms with Gasteiger partial charge in [0.05, 0.1) is 17.2 Å². The van der Waals surface area contributed by atoms with Crippen molar-refractivity contribution in [2.75, 3.05) is 22.6 Å². The fraction of sp³-hybridized carbons (Fsp3) is 0.167. The minimum atomic E-state index is -0.569. The van der Waals surface area contributed by atoms with Crippen LogP contribution in [-0.2, 0) is 0 Å². The third-order valence-electron chi connectivity index (χ3n) is 4.46. The lowest BCUT2D eigenvalue weighted by Gasteiger charge is -2.13. The molecule has 3 aromatic carbocycles. The van der Waals surface area contributed by atoms with E-state index in [2.05, 4.69) is 22.9 Å². The van der Waals surface area contributed by atoms with Crippen molar-refractivity contribution in [2.24, 2.45) is 0 Å². The summed E-state index contributed by atoms with van der Waals surface area (Å²) in [5.41, 5.74) is 1.97. The molecule has 0 bridgehead atoms. The monoisotopic (exact) mass is 471 g/mol. The van der Waals surface area contributed by atoms with Gasteiger partial charge < -0.3 is 20.7 Å². The number of carbonyl (C=O) groups is 1. The number of rotatable bonds is 8. The number of benzene rings is 3. The van der Waals surface area contributed by atoms with Crippen molar-refractivity contribution >= 4 is 51.9 Å². The summed E-state index contributed by atoms with van der Waals surface area (Å²) in [6.45, 7) is 2.72. The van der Waals surface area contributed by atoms with Crippen LogP contribution in [0.15, 0.2) is 66.7 Å². The Balaban J connectivity index is 1.54. The van der Waals surface area contributed by atoms with Crippen molar-refractivity contribution in [3.05, 3.63) is 83.1 Å². The number of hydrogen-bond acceptors (Lipinski definition) is 3. The third-order valence-corrected chi connectivity index (χ3v) is 4.96. The highest BCUT2D eigenvalue weighted by atomic mass is 35.5. The molecule has 0 aromatic heterocycles. The molecule has 32 heavy (non-hydrogen) atoms. The molecule has 0 aliphatic carbocycles. The SMILES string of the molecule is CCCCOc1ccc(NC(=S)Nc2ccc(NC(=O)c3ccccc3F)cc2)cc1Cl. The zero-order valence-electron chi connectivity index (χ0n) is 17.5. The van der Waals surface area contributed by atoms with Gasteiger partial charge in [-0.1, -0.05) is 37.1 Å². The molecule has 1 amide bonds. The number of hydrogen-bond donors (Lipinski definition) is 3. The Labute approximate surface area is 196 Å². The van der Waals surface area contributed by atoms with Crippen LogP contribution in [0.2, 0.25) is 5.02 Å². The van der Waals surface area contributed by atoms with Gasteiger partial charge in [-0.25, -0.2) is 4.39 Å². The average molecular weight is 472 g/mol. The highest BCUT2D eigenvalue weighted by Crippen LogP contribution is 2.28. The van der Waals surface area contributed by atoms with E-state index >= 15 is 0 Å². The van der Waals surface area contributed by atoms with Crippen LogP contribution in [-0.4, -0.2) is 17.6 Å². The second-order valence-electron chi connectivity index (χ2n) is 6.94. The first kappa shape index (κ1) is 23.5. The Morgan fingerprint density at radius 2 is 1.59 bits per heavy atom. The molecular formula is C24H23ClFN3O2S. The molecule has 3 N–H and O–H groups in total. The van der Waals surface area contributed by atoms with E-state index < -0.39 is 11.7 Å². The highest BCUT2D eigenvalue weighted by molar-refractivity contribution is 7.80. The van der Waals surface area contributed by atoms with Crippen molar-refractivity contribution in [3.8, 4) is 5.75 Å². The number of halogens is 2. The van der Waals surface area contributed by atoms with E-state index in [-0.39, 0.29) is 5.56 Å². The summed E-state index contributed by atoms with van der Waals surface area (Å²) in [5, 5.41) is 9.68. The fourth-order valence-electron chi connectivity index (χ4n) is 2.80. The van der Waals surface area contributed by atoms with E-state index in [1.807, 2.05) is 6.07 Å². The minimum Gasteiger partial charge on any atom is -0.492 e. The Kier molecular flexibility index (Phi) is 8.41. The van der Waals surface area contributed by atoms with Crippen molar-refractivity contribution in [3.63, 3.8) is 0 Å². The van der Waals surface area contributed by atoms with Crippen LogP contribution in [0, 0.1) is 5.82 Å². The van der Waals surface area contributed by atoms with Gasteiger partial charge in [-0.15, -0.1) is 0 Å². The predicted octanol–water partition coefficient (Wildman–Crippen LogP) is 6.72. The smallest absolute Gasteiger partial charge is 0.258 e. The fourth-order valence-corrected chi connectivity index (χ4v) is 3.27. The zero-order chi connectivity index (χ0) is 22.9. The molecule has 5 nitrogen and oxygen atoms in total. The van der Waals surface area contributed by atoms with Gasteiger partial charge in [-0.05, 0) is 73.2 Å². The highest BCUT2D eigenvalue weighted by Gasteiger charge is 2.11. The zero-order valence-corrected chi connectivity index (χ0v) is 19.0. The molecule has 0 unspecified atom stereocenters. The van der Waals surface area contributed by atoms with Gasteiger partial charge in [0.25, 0.3) is 5.91 Å². The van der Waals surface area contributed by atoms with Gasteiger partial charge in [-0.2, -0.15) is 0 Å². The van der Waals surface area contributed by atoms with E-state index in [1.54, 1.807) is 42.5 Å². The van der Waals surface area contributed by atoms with Gasteiger partial charge in [0.1, 0.15) is 11.6 Å². The summed E-state index contributed by atoms with van der Waals surface area (Å²) in [7, 11) is 0. The molecule has 0 radical (unpaired) electrons. The summed E-state index contributed by atoms with van der Waals surface area (Å²) in [4.78, 5) is 12.2. The van der Waals surface area contributed by atoms with Crippen molar-refractivity contribution < 1.29 is 13.9 Å². The van der Waals surface area contributed by atoms with Gasteiger partial charge >= 0.3 is 0 Å². The van der Waals surface area contributed by atoms with Crippen LogP contribution in [0.1, 0.15) is 30.1 Å². The molecule has 0 saturated carbocycles. The summed E-state index contributed by atoms with van der Waals surface area (Å²) < 4.78 is 19.4. The molecule has 0 fully saturated rings. The molecule has 8 heteroatoms. The molecule has 0 atom stereocenters. The average Bonchev–Trinajstić information content (AvgIpc) is 2.77. The number of thiocarbonyl (C=S) groups is 1. The molecule has 0 aliphatic rings. The van der Waals surface area contributed by atoms with Gasteiger partial charge in [0, 0.05) is 17.1 Å². The Bertz CT molecular complexity index is 1090. The minimum absolute atomic E-state index is 0.0134. The molecule has 3 rings (SSSR count). The van der Waals surface area contributed by atoms with E-state index in [0.717, 1.165) is 24.2 Å². The predicted molar refractivity (Wildman–Crippen MR) is 132 cm³/mol. The molecule has 3 aromatic rings. The maximum atomic E-state index is 13.7. The summed E-state index contributed by atoms with van der Waals surface area (Å²) in [6.07, 6.45) is 2.02. The van der Waals surface area contributed by atoms with Crippen molar-refractivity contribution in [1.82, 2.24) is 0 Å². The molecular weight excluding hydrogens is 449 g/mol. The first-order valence-corrected chi connectivity index (χ1v) is 10.9. The van der Waals surface area contributed by atoms with Gasteiger partial charge in [0.15, 0.2) is 5.11 Å². The third kappa shape index (κ3) is 6.67. The van der Waals surface area contributed by atoms with Crippen LogP contribution < -0.4 is 20.7 Å². The van der Waals surface area contributed by atoms with Gasteiger partial charge in [-0.3, -0.25) is 4.79 Å². The maximum Gasteiger partial charge on any atom is 0.258 e. The Morgan fingerprint density at radius 1 is 0.969 bits per heavy atom. The Morgan fingerprint density at radius 3 is 2.25 bits per heavy atom. The lowest BCUT2D eigenvalue weighted by atomic mass is 10.2. The summed E-state index contributed by atoms with van der Waals surface area (Å²) in [6, 6.07) is 18.1. The largest absolute Gasteiger partial charge is 0.492 e. The van der Waals surface area contributed by atoms with Crippen LogP contribution >= 0.6 is 23.8 Å². The molecule has 0 heterocycles. The Hall–Kier alpha value is -3.16. The number of anilines is 3. The van der Waals surface area contributed by atoms with Crippen molar-refractivity contribution in [1.29, 1.82) is 0 Å². The second kappa shape index (κ2) is 11.5. The first-order chi connectivity index (χ1) is 15.5. The second-order valence-corrected chi connectivity index (χ2v) is 7.75. The van der Waals surface area contributed by atoms with Gasteiger partial charge in [0.2, 0.25) is 0 Å². The van der Waals surface area contributed by atoms with Crippen LogP contribution in [0.5, 0.6) is 5.75 Å². The summed E-state index contributed by atoms with van der Waals surface area (Å²) >= 11 is 11.6. The van der Waals surface area contributed by atoms with Crippen LogP contribution in [0.25, 0.3) is 0 Å². The van der Waals surface area contributed by atoms with Crippen LogP contribution in [0.3, 0.4) is 0 Å². The molecule has 0 saturated heterocycles.